The molecule has 0 aliphatic rings. The molecule has 0 fully saturated rings. The predicted molar refractivity (Wildman–Crippen MR) is 85.7 cm³/mol. The number of halogens is 1. The molecule has 0 aliphatic carbocycles. The Morgan fingerprint density at radius 1 is 1.27 bits per heavy atom. The van der Waals surface area contributed by atoms with E-state index < -0.39 is 0 Å². The first-order valence-corrected chi connectivity index (χ1v) is 8.27. The molecule has 3 aromatic rings. The van der Waals surface area contributed by atoms with E-state index in [2.05, 4.69) is 15.2 Å². The van der Waals surface area contributed by atoms with E-state index >= 15 is 0 Å². The van der Waals surface area contributed by atoms with E-state index in [1.54, 1.807) is 24.4 Å². The highest BCUT2D eigenvalue weighted by atomic mass is 32.2. The van der Waals surface area contributed by atoms with Gasteiger partial charge in [0, 0.05) is 14.1 Å². The maximum Gasteiger partial charge on any atom is 0.208 e. The fourth-order valence-corrected chi connectivity index (χ4v) is 3.34. The van der Waals surface area contributed by atoms with Gasteiger partial charge in [0.05, 0.1) is 17.5 Å². The number of nitrogens with zero attached hydrogens (tertiary/aromatic N) is 4. The minimum Gasteiger partial charge on any atom is -0.440 e. The van der Waals surface area contributed by atoms with E-state index in [-0.39, 0.29) is 5.82 Å². The first-order chi connectivity index (χ1) is 10.6. The lowest BCUT2D eigenvalue weighted by atomic mass is 10.2. The Hall–Kier alpha value is -1.93. The van der Waals surface area contributed by atoms with Crippen molar-refractivity contribution in [2.24, 2.45) is 0 Å². The van der Waals surface area contributed by atoms with E-state index in [9.17, 15) is 4.39 Å². The van der Waals surface area contributed by atoms with Crippen molar-refractivity contribution in [3.8, 4) is 11.3 Å². The van der Waals surface area contributed by atoms with Crippen LogP contribution in [0.5, 0.6) is 0 Å². The summed E-state index contributed by atoms with van der Waals surface area (Å²) in [5.74, 6) is 1.17. The summed E-state index contributed by atoms with van der Waals surface area (Å²) in [7, 11) is 3.84. The molecule has 8 heteroatoms. The van der Waals surface area contributed by atoms with E-state index in [0.29, 0.717) is 23.0 Å². The van der Waals surface area contributed by atoms with Gasteiger partial charge in [-0.3, -0.25) is 0 Å². The van der Waals surface area contributed by atoms with Gasteiger partial charge in [-0.25, -0.2) is 9.37 Å². The molecule has 0 atom stereocenters. The van der Waals surface area contributed by atoms with Crippen LogP contribution in [-0.4, -0.2) is 29.3 Å². The molecule has 0 saturated carbocycles. The van der Waals surface area contributed by atoms with Crippen LogP contribution in [0, 0.1) is 5.82 Å². The Balaban J connectivity index is 1.68. The molecule has 3 rings (SSSR count). The maximum absolute atomic E-state index is 13.7. The highest BCUT2D eigenvalue weighted by Crippen LogP contribution is 2.30. The van der Waals surface area contributed by atoms with Crippen molar-refractivity contribution in [1.29, 1.82) is 0 Å². The topological polar surface area (TPSA) is 55.1 Å². The summed E-state index contributed by atoms with van der Waals surface area (Å²) in [4.78, 5) is 6.09. The molecule has 2 heterocycles. The fraction of sp³-hybridized carbons (Fsp3) is 0.214. The minimum absolute atomic E-state index is 0.322. The van der Waals surface area contributed by atoms with Gasteiger partial charge in [-0.05, 0) is 12.1 Å². The Morgan fingerprint density at radius 3 is 2.82 bits per heavy atom. The number of thioether (sulfide) groups is 1. The van der Waals surface area contributed by atoms with Gasteiger partial charge in [0.15, 0.2) is 10.1 Å². The summed E-state index contributed by atoms with van der Waals surface area (Å²) in [5.41, 5.74) is 0.414. The van der Waals surface area contributed by atoms with Gasteiger partial charge in [0.25, 0.3) is 0 Å². The smallest absolute Gasteiger partial charge is 0.208 e. The summed E-state index contributed by atoms with van der Waals surface area (Å²) in [6, 6.07) is 6.47. The van der Waals surface area contributed by atoms with Crippen molar-refractivity contribution in [3.63, 3.8) is 0 Å². The quantitative estimate of drug-likeness (QED) is 0.662. The number of hydrogen-bond acceptors (Lipinski definition) is 7. The average molecular weight is 336 g/mol. The van der Waals surface area contributed by atoms with Crippen molar-refractivity contribution in [2.75, 3.05) is 19.0 Å². The summed E-state index contributed by atoms with van der Waals surface area (Å²) in [5, 5.41) is 9.01. The van der Waals surface area contributed by atoms with Gasteiger partial charge in [0.2, 0.25) is 11.0 Å². The second-order valence-corrected chi connectivity index (χ2v) is 6.81. The summed E-state index contributed by atoms with van der Waals surface area (Å²) < 4.78 is 20.1. The maximum atomic E-state index is 13.7. The summed E-state index contributed by atoms with van der Waals surface area (Å²) >= 11 is 3.00. The third-order valence-electron chi connectivity index (χ3n) is 2.79. The Labute approximate surface area is 135 Å². The normalized spacial score (nSPS) is 10.9. The van der Waals surface area contributed by atoms with E-state index in [1.165, 1.54) is 29.2 Å². The molecule has 0 saturated heterocycles. The first-order valence-electron chi connectivity index (χ1n) is 6.46. The Bertz CT molecular complexity index is 772. The van der Waals surface area contributed by atoms with Gasteiger partial charge in [0.1, 0.15) is 5.82 Å². The van der Waals surface area contributed by atoms with Gasteiger partial charge in [-0.1, -0.05) is 35.2 Å². The molecular weight excluding hydrogens is 323 g/mol. The molecule has 0 aliphatic heterocycles. The van der Waals surface area contributed by atoms with Crippen LogP contribution in [0.4, 0.5) is 9.52 Å². The lowest BCUT2D eigenvalue weighted by Crippen LogP contribution is -2.07. The van der Waals surface area contributed by atoms with Crippen molar-refractivity contribution < 1.29 is 8.81 Å². The molecule has 0 unspecified atom stereocenters. The Morgan fingerprint density at radius 2 is 2.09 bits per heavy atom. The van der Waals surface area contributed by atoms with E-state index in [0.717, 1.165) is 9.47 Å². The predicted octanol–water partition coefficient (Wildman–Crippen LogP) is 3.69. The largest absolute Gasteiger partial charge is 0.440 e. The van der Waals surface area contributed by atoms with Crippen molar-refractivity contribution in [2.45, 2.75) is 10.1 Å². The third kappa shape index (κ3) is 3.28. The van der Waals surface area contributed by atoms with Crippen molar-refractivity contribution in [3.05, 3.63) is 42.2 Å². The van der Waals surface area contributed by atoms with Crippen LogP contribution in [0.25, 0.3) is 11.3 Å². The zero-order valence-electron chi connectivity index (χ0n) is 12.0. The van der Waals surface area contributed by atoms with Crippen LogP contribution in [0.15, 0.2) is 39.2 Å². The molecule has 114 valence electrons. The van der Waals surface area contributed by atoms with Crippen LogP contribution < -0.4 is 4.90 Å². The number of oxazole rings is 1. The highest BCUT2D eigenvalue weighted by Gasteiger charge is 2.12. The van der Waals surface area contributed by atoms with E-state index in [1.807, 2.05) is 19.0 Å². The fourth-order valence-electron chi connectivity index (χ4n) is 1.73. The number of benzene rings is 1. The molecular formula is C14H13FN4OS2. The lowest BCUT2D eigenvalue weighted by molar-refractivity contribution is 0.524. The van der Waals surface area contributed by atoms with Gasteiger partial charge < -0.3 is 9.32 Å². The molecule has 1 aromatic carbocycles. The van der Waals surface area contributed by atoms with Crippen LogP contribution in [0.3, 0.4) is 0 Å². The van der Waals surface area contributed by atoms with Gasteiger partial charge >= 0.3 is 0 Å². The number of anilines is 1. The molecule has 0 N–H and O–H groups in total. The van der Waals surface area contributed by atoms with Crippen LogP contribution >= 0.6 is 23.1 Å². The van der Waals surface area contributed by atoms with Crippen molar-refractivity contribution in [1.82, 2.24) is 15.2 Å². The molecule has 0 bridgehead atoms. The standard InChI is InChI=1S/C14H13FN4OS2/c1-19(2)13-17-18-14(22-13)21-8-12-16-7-11(20-12)9-5-3-4-6-10(9)15/h3-7H,8H2,1-2H3. The van der Waals surface area contributed by atoms with Crippen molar-refractivity contribution >= 4 is 28.2 Å². The highest BCUT2D eigenvalue weighted by molar-refractivity contribution is 8.00. The number of rotatable bonds is 5. The lowest BCUT2D eigenvalue weighted by Gasteiger charge is -2.03. The summed E-state index contributed by atoms with van der Waals surface area (Å²) in [6.45, 7) is 0. The Kier molecular flexibility index (Phi) is 4.39. The van der Waals surface area contributed by atoms with E-state index in [4.69, 9.17) is 4.42 Å². The molecule has 0 spiro atoms. The minimum atomic E-state index is -0.322. The molecule has 5 nitrogen and oxygen atoms in total. The number of aromatic nitrogens is 3. The second kappa shape index (κ2) is 6.45. The summed E-state index contributed by atoms with van der Waals surface area (Å²) in [6.07, 6.45) is 1.54. The number of hydrogen-bond donors (Lipinski definition) is 0. The first kappa shape index (κ1) is 15.0. The van der Waals surface area contributed by atoms with Gasteiger partial charge in [-0.2, -0.15) is 0 Å². The second-order valence-electron chi connectivity index (χ2n) is 4.63. The van der Waals surface area contributed by atoms with Crippen LogP contribution in [0.2, 0.25) is 0 Å². The SMILES string of the molecule is CN(C)c1nnc(SCc2ncc(-c3ccccc3F)o2)s1. The molecule has 0 radical (unpaired) electrons. The molecule has 0 amide bonds. The van der Waals surface area contributed by atoms with Crippen LogP contribution in [0.1, 0.15) is 5.89 Å². The van der Waals surface area contributed by atoms with Crippen LogP contribution in [-0.2, 0) is 5.75 Å². The zero-order valence-corrected chi connectivity index (χ0v) is 13.6. The average Bonchev–Trinajstić information content (AvgIpc) is 3.15. The monoisotopic (exact) mass is 336 g/mol. The zero-order chi connectivity index (χ0) is 15.5. The molecule has 22 heavy (non-hydrogen) atoms. The third-order valence-corrected chi connectivity index (χ3v) is 5.00. The molecule has 2 aromatic heterocycles. The van der Waals surface area contributed by atoms with Gasteiger partial charge in [-0.15, -0.1) is 10.2 Å².